The van der Waals surface area contributed by atoms with E-state index in [1.54, 1.807) is 0 Å². The summed E-state index contributed by atoms with van der Waals surface area (Å²) < 4.78 is 5.62. The molecule has 1 rings (SSSR count). The summed E-state index contributed by atoms with van der Waals surface area (Å²) in [6.07, 6.45) is 0. The van der Waals surface area contributed by atoms with Gasteiger partial charge in [0.25, 0.3) is 5.91 Å². The maximum Gasteiger partial charge on any atom is 0.258 e. The predicted octanol–water partition coefficient (Wildman–Crippen LogP) is 2.04. The van der Waals surface area contributed by atoms with Crippen LogP contribution in [0.25, 0.3) is 0 Å². The summed E-state index contributed by atoms with van der Waals surface area (Å²) in [7, 11) is 0. The second-order valence-electron chi connectivity index (χ2n) is 5.57. The van der Waals surface area contributed by atoms with Gasteiger partial charge in [0.2, 0.25) is 0 Å². The molecule has 0 aromatic carbocycles. The predicted molar refractivity (Wildman–Crippen MR) is 84.3 cm³/mol. The first kappa shape index (κ1) is 17.4. The minimum absolute atomic E-state index is 0.0148. The lowest BCUT2D eigenvalue weighted by atomic mass is 10.1. The molecule has 21 heavy (non-hydrogen) atoms. The number of amides is 1. The maximum atomic E-state index is 11.9. The molecular weight excluding hydrogens is 266 g/mol. The van der Waals surface area contributed by atoms with Gasteiger partial charge in [-0.1, -0.05) is 20.8 Å². The first-order valence-electron chi connectivity index (χ1n) is 7.53. The van der Waals surface area contributed by atoms with E-state index in [4.69, 9.17) is 4.74 Å². The highest BCUT2D eigenvalue weighted by Crippen LogP contribution is 2.16. The zero-order chi connectivity index (χ0) is 15.8. The van der Waals surface area contributed by atoms with Crippen molar-refractivity contribution in [2.45, 2.75) is 47.2 Å². The number of nitrogens with one attached hydrogen (secondary N) is 2. The second kappa shape index (κ2) is 8.62. The van der Waals surface area contributed by atoms with Crippen molar-refractivity contribution < 1.29 is 9.53 Å². The zero-order valence-electron chi connectivity index (χ0n) is 13.7. The monoisotopic (exact) mass is 293 g/mol. The van der Waals surface area contributed by atoms with Gasteiger partial charge < -0.3 is 15.4 Å². The molecule has 0 radical (unpaired) electrons. The molecule has 0 fully saturated rings. The molecule has 1 unspecified atom stereocenters. The number of rotatable bonds is 8. The van der Waals surface area contributed by atoms with Crippen molar-refractivity contribution in [1.82, 2.24) is 15.6 Å². The van der Waals surface area contributed by atoms with Crippen LogP contribution in [0.15, 0.2) is 12.1 Å². The summed E-state index contributed by atoms with van der Waals surface area (Å²) in [5, 5.41) is 6.15. The van der Waals surface area contributed by atoms with Crippen LogP contribution in [0.3, 0.4) is 0 Å². The van der Waals surface area contributed by atoms with Gasteiger partial charge >= 0.3 is 0 Å². The second-order valence-corrected chi connectivity index (χ2v) is 5.57. The molecule has 0 saturated carbocycles. The molecule has 1 aromatic rings. The Morgan fingerprint density at radius 3 is 2.67 bits per heavy atom. The van der Waals surface area contributed by atoms with Gasteiger partial charge in [-0.25, -0.2) is 0 Å². The SMILES string of the molecule is CCNCc1nc(C)ccc1OCC(=O)NC(C)C(C)C. The molecule has 1 atom stereocenters. The lowest BCUT2D eigenvalue weighted by Gasteiger charge is -2.18. The molecule has 2 N–H and O–H groups in total. The Labute approximate surface area is 127 Å². The van der Waals surface area contributed by atoms with Crippen LogP contribution in [0.1, 0.15) is 39.1 Å². The molecule has 1 heterocycles. The topological polar surface area (TPSA) is 63.3 Å². The molecule has 0 spiro atoms. The number of hydrogen-bond donors (Lipinski definition) is 2. The molecule has 1 amide bonds. The average molecular weight is 293 g/mol. The first-order valence-corrected chi connectivity index (χ1v) is 7.53. The van der Waals surface area contributed by atoms with Gasteiger partial charge in [-0.05, 0) is 38.4 Å². The third kappa shape index (κ3) is 6.12. The fourth-order valence-corrected chi connectivity index (χ4v) is 1.70. The van der Waals surface area contributed by atoms with E-state index in [0.29, 0.717) is 18.2 Å². The zero-order valence-corrected chi connectivity index (χ0v) is 13.7. The standard InChI is InChI=1S/C16H27N3O2/c1-6-17-9-14-15(8-7-12(4)18-14)21-10-16(20)19-13(5)11(2)3/h7-8,11,13,17H,6,9-10H2,1-5H3,(H,19,20). The lowest BCUT2D eigenvalue weighted by molar-refractivity contribution is -0.124. The molecular formula is C16H27N3O2. The summed E-state index contributed by atoms with van der Waals surface area (Å²) in [4.78, 5) is 16.3. The van der Waals surface area contributed by atoms with Gasteiger partial charge in [0.15, 0.2) is 6.61 Å². The first-order chi connectivity index (χ1) is 9.93. The number of ether oxygens (including phenoxy) is 1. The van der Waals surface area contributed by atoms with Gasteiger partial charge in [0, 0.05) is 18.3 Å². The van der Waals surface area contributed by atoms with Crippen LogP contribution < -0.4 is 15.4 Å². The number of nitrogens with zero attached hydrogens (tertiary/aromatic N) is 1. The van der Waals surface area contributed by atoms with Crippen molar-refractivity contribution in [1.29, 1.82) is 0 Å². The van der Waals surface area contributed by atoms with Crippen LogP contribution in [0.5, 0.6) is 5.75 Å². The van der Waals surface area contributed by atoms with Crippen LogP contribution in [0.2, 0.25) is 0 Å². The van der Waals surface area contributed by atoms with Gasteiger partial charge in [-0.15, -0.1) is 0 Å². The third-order valence-electron chi connectivity index (χ3n) is 3.36. The fraction of sp³-hybridized carbons (Fsp3) is 0.625. The van der Waals surface area contributed by atoms with Crippen LogP contribution in [-0.4, -0.2) is 30.1 Å². The highest BCUT2D eigenvalue weighted by atomic mass is 16.5. The molecule has 0 saturated heterocycles. The van der Waals surface area contributed by atoms with Crippen LogP contribution in [0, 0.1) is 12.8 Å². The van der Waals surface area contributed by atoms with Gasteiger partial charge in [0.1, 0.15) is 5.75 Å². The van der Waals surface area contributed by atoms with Crippen molar-refractivity contribution in [3.8, 4) is 5.75 Å². The number of hydrogen-bond acceptors (Lipinski definition) is 4. The molecule has 1 aromatic heterocycles. The third-order valence-corrected chi connectivity index (χ3v) is 3.36. The molecule has 5 nitrogen and oxygen atoms in total. The number of pyridine rings is 1. The number of carbonyl (C=O) groups excluding carboxylic acids is 1. The van der Waals surface area contributed by atoms with Gasteiger partial charge in [-0.2, -0.15) is 0 Å². The largest absolute Gasteiger partial charge is 0.482 e. The summed E-state index contributed by atoms with van der Waals surface area (Å²) in [6.45, 7) is 11.6. The van der Waals surface area contributed by atoms with Crippen LogP contribution in [0.4, 0.5) is 0 Å². The minimum atomic E-state index is -0.105. The molecule has 0 aliphatic heterocycles. The summed E-state index contributed by atoms with van der Waals surface area (Å²) in [5.74, 6) is 0.958. The van der Waals surface area contributed by atoms with Crippen LogP contribution >= 0.6 is 0 Å². The average Bonchev–Trinajstić information content (AvgIpc) is 2.43. The fourth-order valence-electron chi connectivity index (χ4n) is 1.70. The van der Waals surface area contributed by atoms with E-state index in [9.17, 15) is 4.79 Å². The Bertz CT molecular complexity index is 461. The lowest BCUT2D eigenvalue weighted by Crippen LogP contribution is -2.39. The Morgan fingerprint density at radius 2 is 2.05 bits per heavy atom. The van der Waals surface area contributed by atoms with E-state index in [0.717, 1.165) is 17.9 Å². The highest BCUT2D eigenvalue weighted by Gasteiger charge is 2.12. The van der Waals surface area contributed by atoms with Crippen molar-refractivity contribution in [2.24, 2.45) is 5.92 Å². The van der Waals surface area contributed by atoms with Crippen LogP contribution in [-0.2, 0) is 11.3 Å². The summed E-state index contributed by atoms with van der Waals surface area (Å²) >= 11 is 0. The smallest absolute Gasteiger partial charge is 0.258 e. The Kier molecular flexibility index (Phi) is 7.15. The van der Waals surface area contributed by atoms with E-state index in [1.165, 1.54) is 0 Å². The maximum absolute atomic E-state index is 11.9. The van der Waals surface area contributed by atoms with Crippen molar-refractivity contribution in [3.05, 3.63) is 23.5 Å². The molecule has 118 valence electrons. The Balaban J connectivity index is 2.59. The van der Waals surface area contributed by atoms with Crippen molar-refractivity contribution in [3.63, 3.8) is 0 Å². The van der Waals surface area contributed by atoms with E-state index >= 15 is 0 Å². The van der Waals surface area contributed by atoms with Gasteiger partial charge in [-0.3, -0.25) is 9.78 Å². The minimum Gasteiger partial charge on any atom is -0.482 e. The van der Waals surface area contributed by atoms with Crippen molar-refractivity contribution >= 4 is 5.91 Å². The van der Waals surface area contributed by atoms with E-state index in [-0.39, 0.29) is 18.6 Å². The number of aryl methyl sites for hydroxylation is 1. The molecule has 0 bridgehead atoms. The van der Waals surface area contributed by atoms with E-state index < -0.39 is 0 Å². The Hall–Kier alpha value is -1.62. The molecule has 5 heteroatoms. The molecule has 0 aliphatic carbocycles. The quantitative estimate of drug-likeness (QED) is 0.770. The summed E-state index contributed by atoms with van der Waals surface area (Å²) in [6, 6.07) is 3.89. The van der Waals surface area contributed by atoms with Gasteiger partial charge in [0.05, 0.1) is 5.69 Å². The number of carbonyl (C=O) groups is 1. The Morgan fingerprint density at radius 1 is 1.33 bits per heavy atom. The van der Waals surface area contributed by atoms with E-state index in [1.807, 2.05) is 32.9 Å². The number of aromatic nitrogens is 1. The highest BCUT2D eigenvalue weighted by molar-refractivity contribution is 5.77. The summed E-state index contributed by atoms with van der Waals surface area (Å²) in [5.41, 5.74) is 1.77. The van der Waals surface area contributed by atoms with Crippen molar-refractivity contribution in [2.75, 3.05) is 13.2 Å². The molecule has 0 aliphatic rings. The normalized spacial score (nSPS) is 12.3. The van der Waals surface area contributed by atoms with E-state index in [2.05, 4.69) is 29.5 Å².